The summed E-state index contributed by atoms with van der Waals surface area (Å²) in [6.07, 6.45) is 2.16. The van der Waals surface area contributed by atoms with Crippen molar-refractivity contribution in [1.29, 1.82) is 0 Å². The van der Waals surface area contributed by atoms with Crippen molar-refractivity contribution in [1.82, 2.24) is 0 Å². The Morgan fingerprint density at radius 3 is 2.54 bits per heavy atom. The van der Waals surface area contributed by atoms with Crippen molar-refractivity contribution in [3.05, 3.63) is 52.3 Å². The zero-order chi connectivity index (χ0) is 9.68. The zero-order valence-electron chi connectivity index (χ0n) is 7.23. The lowest BCUT2D eigenvalue weighted by atomic mass is 10.2. The fraction of sp³-hybridized carbons (Fsp3) is 0.111. The largest absolute Gasteiger partial charge is 0.356 e. The van der Waals surface area contributed by atoms with E-state index in [-0.39, 0.29) is 0 Å². The molecule has 13 heavy (non-hydrogen) atoms. The van der Waals surface area contributed by atoms with E-state index in [1.165, 1.54) is 6.20 Å². The van der Waals surface area contributed by atoms with Crippen LogP contribution in [-0.2, 0) is 0 Å². The first-order valence-electron chi connectivity index (χ1n) is 3.82. The van der Waals surface area contributed by atoms with Gasteiger partial charge in [0.1, 0.15) is 0 Å². The summed E-state index contributed by atoms with van der Waals surface area (Å²) in [5.41, 5.74) is 1.99. The van der Waals surface area contributed by atoms with Crippen LogP contribution in [0.15, 0.2) is 36.7 Å². The lowest BCUT2D eigenvalue weighted by Gasteiger charge is -1.98. The standard InChI is InChI=1S/C9H10N2O2/c1-8-2-4-9(5-3-8)10-6-7-11(12)13/h2-7,10H,1H3. The molecule has 4 nitrogen and oxygen atoms in total. The van der Waals surface area contributed by atoms with Gasteiger partial charge in [0.2, 0.25) is 6.20 Å². The van der Waals surface area contributed by atoms with Gasteiger partial charge in [0.15, 0.2) is 0 Å². The van der Waals surface area contributed by atoms with Crippen molar-refractivity contribution >= 4 is 5.69 Å². The molecule has 0 saturated heterocycles. The van der Waals surface area contributed by atoms with Gasteiger partial charge in [-0.25, -0.2) is 0 Å². The molecule has 0 aliphatic carbocycles. The third kappa shape index (κ3) is 3.37. The van der Waals surface area contributed by atoms with Crippen LogP contribution in [0.4, 0.5) is 5.69 Å². The normalized spacial score (nSPS) is 10.2. The van der Waals surface area contributed by atoms with Gasteiger partial charge in [0.25, 0.3) is 0 Å². The van der Waals surface area contributed by atoms with Crippen molar-refractivity contribution in [3.63, 3.8) is 0 Å². The SMILES string of the molecule is Cc1ccc(NC=C[N+](=O)[O-])cc1. The van der Waals surface area contributed by atoms with Gasteiger partial charge in [0, 0.05) is 5.69 Å². The number of rotatable bonds is 3. The van der Waals surface area contributed by atoms with E-state index >= 15 is 0 Å². The predicted octanol–water partition coefficient (Wildman–Crippen LogP) is 2.15. The lowest BCUT2D eigenvalue weighted by molar-refractivity contribution is -0.402. The van der Waals surface area contributed by atoms with Gasteiger partial charge in [-0.05, 0) is 19.1 Å². The van der Waals surface area contributed by atoms with Crippen LogP contribution in [0.1, 0.15) is 5.56 Å². The lowest BCUT2D eigenvalue weighted by Crippen LogP contribution is -1.90. The molecule has 0 saturated carbocycles. The average molecular weight is 178 g/mol. The van der Waals surface area contributed by atoms with E-state index in [1.54, 1.807) is 0 Å². The summed E-state index contributed by atoms with van der Waals surface area (Å²) >= 11 is 0. The molecule has 0 heterocycles. The number of hydrogen-bond donors (Lipinski definition) is 1. The second-order valence-corrected chi connectivity index (χ2v) is 2.61. The minimum atomic E-state index is -0.513. The Kier molecular flexibility index (Phi) is 3.03. The van der Waals surface area contributed by atoms with Crippen LogP contribution in [0.25, 0.3) is 0 Å². The highest BCUT2D eigenvalue weighted by molar-refractivity contribution is 5.46. The molecule has 1 rings (SSSR count). The first-order valence-corrected chi connectivity index (χ1v) is 3.82. The minimum Gasteiger partial charge on any atom is -0.356 e. The van der Waals surface area contributed by atoms with Crippen LogP contribution in [0.3, 0.4) is 0 Å². The number of nitrogens with one attached hydrogen (secondary N) is 1. The minimum absolute atomic E-state index is 0.513. The Morgan fingerprint density at radius 2 is 2.00 bits per heavy atom. The Morgan fingerprint density at radius 1 is 1.38 bits per heavy atom. The second kappa shape index (κ2) is 4.25. The molecule has 0 amide bonds. The summed E-state index contributed by atoms with van der Waals surface area (Å²) in [6.45, 7) is 1.98. The summed E-state index contributed by atoms with van der Waals surface area (Å²) in [7, 11) is 0. The molecule has 1 aromatic carbocycles. The van der Waals surface area contributed by atoms with E-state index in [4.69, 9.17) is 0 Å². The maximum Gasteiger partial charge on any atom is 0.250 e. The number of anilines is 1. The van der Waals surface area contributed by atoms with E-state index in [0.717, 1.165) is 17.5 Å². The molecule has 0 aliphatic heterocycles. The Hall–Kier alpha value is -1.84. The quantitative estimate of drug-likeness (QED) is 0.570. The number of nitro groups is 1. The van der Waals surface area contributed by atoms with Crippen LogP contribution >= 0.6 is 0 Å². The summed E-state index contributed by atoms with van der Waals surface area (Å²) in [4.78, 5) is 9.41. The Balaban J connectivity index is 2.55. The summed E-state index contributed by atoms with van der Waals surface area (Å²) in [6, 6.07) is 7.59. The average Bonchev–Trinajstić information content (AvgIpc) is 2.08. The highest BCUT2D eigenvalue weighted by atomic mass is 16.6. The zero-order valence-corrected chi connectivity index (χ0v) is 7.23. The van der Waals surface area contributed by atoms with E-state index in [2.05, 4.69) is 5.32 Å². The molecule has 4 heteroatoms. The molecular weight excluding hydrogens is 168 g/mol. The highest BCUT2D eigenvalue weighted by Crippen LogP contribution is 2.07. The van der Waals surface area contributed by atoms with Gasteiger partial charge in [-0.3, -0.25) is 10.1 Å². The molecule has 0 atom stereocenters. The second-order valence-electron chi connectivity index (χ2n) is 2.61. The topological polar surface area (TPSA) is 55.2 Å². The molecule has 0 aliphatic rings. The summed E-state index contributed by atoms with van der Waals surface area (Å²) in [5.74, 6) is 0. The first-order chi connectivity index (χ1) is 6.18. The molecule has 0 aromatic heterocycles. The van der Waals surface area contributed by atoms with Crippen LogP contribution in [0, 0.1) is 17.0 Å². The third-order valence-electron chi connectivity index (χ3n) is 1.50. The molecule has 0 spiro atoms. The number of benzene rings is 1. The molecule has 68 valence electrons. The van der Waals surface area contributed by atoms with Crippen molar-refractivity contribution in [3.8, 4) is 0 Å². The van der Waals surface area contributed by atoms with E-state index < -0.39 is 4.92 Å². The van der Waals surface area contributed by atoms with Crippen LogP contribution < -0.4 is 5.32 Å². The fourth-order valence-corrected chi connectivity index (χ4v) is 0.844. The number of aryl methyl sites for hydroxylation is 1. The molecule has 0 radical (unpaired) electrons. The summed E-state index contributed by atoms with van der Waals surface area (Å²) in [5, 5.41) is 12.7. The van der Waals surface area contributed by atoms with Gasteiger partial charge < -0.3 is 5.32 Å². The smallest absolute Gasteiger partial charge is 0.250 e. The van der Waals surface area contributed by atoms with Crippen molar-refractivity contribution in [2.45, 2.75) is 6.92 Å². The van der Waals surface area contributed by atoms with Crippen molar-refractivity contribution < 1.29 is 4.92 Å². The molecular formula is C9H10N2O2. The van der Waals surface area contributed by atoms with Gasteiger partial charge in [-0.2, -0.15) is 0 Å². The van der Waals surface area contributed by atoms with Gasteiger partial charge in [0.05, 0.1) is 11.1 Å². The number of nitrogens with zero attached hydrogens (tertiary/aromatic N) is 1. The maximum atomic E-state index is 9.92. The Bertz CT molecular complexity index is 317. The Labute approximate surface area is 76.0 Å². The third-order valence-corrected chi connectivity index (χ3v) is 1.50. The first kappa shape index (κ1) is 9.25. The van der Waals surface area contributed by atoms with Crippen molar-refractivity contribution in [2.24, 2.45) is 0 Å². The molecule has 0 bridgehead atoms. The molecule has 0 fully saturated rings. The highest BCUT2D eigenvalue weighted by Gasteiger charge is 1.88. The van der Waals surface area contributed by atoms with E-state index in [1.807, 2.05) is 31.2 Å². The van der Waals surface area contributed by atoms with Crippen LogP contribution in [0.2, 0.25) is 0 Å². The molecule has 1 N–H and O–H groups in total. The van der Waals surface area contributed by atoms with E-state index in [0.29, 0.717) is 0 Å². The van der Waals surface area contributed by atoms with Crippen LogP contribution in [-0.4, -0.2) is 4.92 Å². The maximum absolute atomic E-state index is 9.92. The van der Waals surface area contributed by atoms with E-state index in [9.17, 15) is 10.1 Å². The van der Waals surface area contributed by atoms with Gasteiger partial charge >= 0.3 is 0 Å². The van der Waals surface area contributed by atoms with Gasteiger partial charge in [-0.1, -0.05) is 17.7 Å². The number of hydrogen-bond acceptors (Lipinski definition) is 3. The molecule has 0 unspecified atom stereocenters. The molecule has 1 aromatic rings. The van der Waals surface area contributed by atoms with Gasteiger partial charge in [-0.15, -0.1) is 0 Å². The summed E-state index contributed by atoms with van der Waals surface area (Å²) < 4.78 is 0. The predicted molar refractivity (Wildman–Crippen MR) is 50.9 cm³/mol. The monoisotopic (exact) mass is 178 g/mol. The fourth-order valence-electron chi connectivity index (χ4n) is 0.844. The van der Waals surface area contributed by atoms with Crippen LogP contribution in [0.5, 0.6) is 0 Å². The van der Waals surface area contributed by atoms with Crippen molar-refractivity contribution in [2.75, 3.05) is 5.32 Å².